The normalized spacial score (nSPS) is 18.2. The van der Waals surface area contributed by atoms with Gasteiger partial charge in [0.05, 0.1) is 17.0 Å². The molecule has 3 rings (SSSR count). The Hall–Kier alpha value is -2.93. The molecule has 1 saturated carbocycles. The molecular weight excluding hydrogens is 420 g/mol. The number of Topliss-reactive ketones (excluding diaryl/α,β-unsaturated/α-hetero) is 1. The third kappa shape index (κ3) is 6.79. The van der Waals surface area contributed by atoms with Crippen molar-refractivity contribution in [1.29, 1.82) is 0 Å². The SMILES string of the molecule is O=C(CCCNC(=O)c1ccc(Cl)cn1)c1ccc(OC2CCC(C(=O)O)CC2)cc1. The Morgan fingerprint density at radius 3 is 2.39 bits per heavy atom. The van der Waals surface area contributed by atoms with Crippen LogP contribution in [-0.4, -0.2) is 40.4 Å². The minimum absolute atomic E-state index is 0.00705. The standard InChI is InChI=1S/C23H25ClN2O5/c24-17-7-12-20(26-14-17)22(28)25-13-1-2-21(27)15-3-8-18(9-4-15)31-19-10-5-16(6-11-19)23(29)30/h3-4,7-9,12,14,16,19H,1-2,5-6,10-11,13H2,(H,25,28)(H,29,30). The summed E-state index contributed by atoms with van der Waals surface area (Å²) in [6.45, 7) is 0.370. The van der Waals surface area contributed by atoms with Crippen molar-refractivity contribution >= 4 is 29.3 Å². The molecule has 1 amide bonds. The highest BCUT2D eigenvalue weighted by molar-refractivity contribution is 6.30. The number of hydrogen-bond acceptors (Lipinski definition) is 5. The Morgan fingerprint density at radius 2 is 1.77 bits per heavy atom. The lowest BCUT2D eigenvalue weighted by Crippen LogP contribution is -2.27. The van der Waals surface area contributed by atoms with Gasteiger partial charge in [-0.15, -0.1) is 0 Å². The second kappa shape index (κ2) is 10.9. The van der Waals surface area contributed by atoms with Crippen molar-refractivity contribution in [3.8, 4) is 5.75 Å². The maximum Gasteiger partial charge on any atom is 0.306 e. The zero-order valence-corrected chi connectivity index (χ0v) is 17.8. The third-order valence-corrected chi connectivity index (χ3v) is 5.55. The fraction of sp³-hybridized carbons (Fsp3) is 0.391. The van der Waals surface area contributed by atoms with Crippen molar-refractivity contribution in [2.75, 3.05) is 6.54 Å². The number of benzene rings is 1. The van der Waals surface area contributed by atoms with Crippen LogP contribution < -0.4 is 10.1 Å². The summed E-state index contributed by atoms with van der Waals surface area (Å²) in [4.78, 5) is 39.3. The molecule has 31 heavy (non-hydrogen) atoms. The molecule has 1 fully saturated rings. The maximum absolute atomic E-state index is 12.4. The molecule has 1 aliphatic carbocycles. The van der Waals surface area contributed by atoms with Gasteiger partial charge in [0.1, 0.15) is 11.4 Å². The smallest absolute Gasteiger partial charge is 0.306 e. The molecule has 8 heteroatoms. The quantitative estimate of drug-likeness (QED) is 0.444. The van der Waals surface area contributed by atoms with Crippen LogP contribution in [0, 0.1) is 5.92 Å². The lowest BCUT2D eigenvalue weighted by atomic mass is 9.87. The summed E-state index contributed by atoms with van der Waals surface area (Å²) in [6.07, 6.45) is 4.94. The van der Waals surface area contributed by atoms with E-state index in [1.807, 2.05) is 0 Å². The van der Waals surface area contributed by atoms with Crippen LogP contribution in [0.1, 0.15) is 59.4 Å². The summed E-state index contributed by atoms with van der Waals surface area (Å²) in [5, 5.41) is 12.3. The van der Waals surface area contributed by atoms with Gasteiger partial charge in [0.15, 0.2) is 5.78 Å². The third-order valence-electron chi connectivity index (χ3n) is 5.33. The van der Waals surface area contributed by atoms with E-state index in [9.17, 15) is 14.4 Å². The first-order valence-corrected chi connectivity index (χ1v) is 10.7. The second-order valence-electron chi connectivity index (χ2n) is 7.60. The highest BCUT2D eigenvalue weighted by Gasteiger charge is 2.26. The molecule has 2 N–H and O–H groups in total. The Balaban J connectivity index is 1.38. The summed E-state index contributed by atoms with van der Waals surface area (Å²) in [5.41, 5.74) is 0.871. The lowest BCUT2D eigenvalue weighted by molar-refractivity contribution is -0.143. The Bertz CT molecular complexity index is 907. The van der Waals surface area contributed by atoms with Gasteiger partial charge in [0.2, 0.25) is 0 Å². The summed E-state index contributed by atoms with van der Waals surface area (Å²) in [6, 6.07) is 10.1. The van der Waals surface area contributed by atoms with Gasteiger partial charge in [-0.25, -0.2) is 4.98 Å². The molecule has 1 aliphatic rings. The average molecular weight is 445 g/mol. The Labute approximate surface area is 185 Å². The van der Waals surface area contributed by atoms with Crippen LogP contribution in [0.5, 0.6) is 5.75 Å². The van der Waals surface area contributed by atoms with Crippen molar-refractivity contribution < 1.29 is 24.2 Å². The molecule has 0 spiro atoms. The number of nitrogens with zero attached hydrogens (tertiary/aromatic N) is 1. The number of aromatic nitrogens is 1. The Morgan fingerprint density at radius 1 is 1.06 bits per heavy atom. The maximum atomic E-state index is 12.4. The van der Waals surface area contributed by atoms with Crippen LogP contribution in [-0.2, 0) is 4.79 Å². The van der Waals surface area contributed by atoms with Crippen LogP contribution in [0.3, 0.4) is 0 Å². The van der Waals surface area contributed by atoms with Crippen LogP contribution in [0.15, 0.2) is 42.6 Å². The number of carbonyl (C=O) groups excluding carboxylic acids is 2. The van der Waals surface area contributed by atoms with E-state index >= 15 is 0 Å². The monoisotopic (exact) mass is 444 g/mol. The van der Waals surface area contributed by atoms with Crippen LogP contribution in [0.25, 0.3) is 0 Å². The summed E-state index contributed by atoms with van der Waals surface area (Å²) in [7, 11) is 0. The first-order chi connectivity index (χ1) is 14.9. The molecule has 2 aromatic rings. The number of pyridine rings is 1. The number of amides is 1. The lowest BCUT2D eigenvalue weighted by Gasteiger charge is -2.26. The highest BCUT2D eigenvalue weighted by Crippen LogP contribution is 2.28. The van der Waals surface area contributed by atoms with E-state index in [1.165, 1.54) is 6.20 Å². The number of rotatable bonds is 9. The molecule has 1 aromatic carbocycles. The largest absolute Gasteiger partial charge is 0.490 e. The number of halogens is 1. The van der Waals surface area contributed by atoms with E-state index in [0.717, 1.165) is 12.8 Å². The zero-order chi connectivity index (χ0) is 22.2. The zero-order valence-electron chi connectivity index (χ0n) is 17.1. The van der Waals surface area contributed by atoms with E-state index < -0.39 is 5.97 Å². The van der Waals surface area contributed by atoms with Crippen LogP contribution in [0.4, 0.5) is 0 Å². The fourth-order valence-electron chi connectivity index (χ4n) is 3.54. The number of aliphatic carboxylic acids is 1. The average Bonchev–Trinajstić information content (AvgIpc) is 2.78. The number of ether oxygens (including phenoxy) is 1. The van der Waals surface area contributed by atoms with E-state index in [2.05, 4.69) is 10.3 Å². The van der Waals surface area contributed by atoms with Gasteiger partial charge >= 0.3 is 5.97 Å². The number of nitrogens with one attached hydrogen (secondary N) is 1. The second-order valence-corrected chi connectivity index (χ2v) is 8.03. The number of carboxylic acids is 1. The Kier molecular flexibility index (Phi) is 8.00. The molecule has 7 nitrogen and oxygen atoms in total. The van der Waals surface area contributed by atoms with Crippen molar-refractivity contribution in [2.24, 2.45) is 5.92 Å². The molecule has 0 radical (unpaired) electrons. The minimum atomic E-state index is -0.734. The van der Waals surface area contributed by atoms with Gasteiger partial charge < -0.3 is 15.2 Å². The van der Waals surface area contributed by atoms with Gasteiger partial charge in [-0.05, 0) is 68.5 Å². The fourth-order valence-corrected chi connectivity index (χ4v) is 3.65. The minimum Gasteiger partial charge on any atom is -0.490 e. The van der Waals surface area contributed by atoms with Crippen molar-refractivity contribution in [1.82, 2.24) is 10.3 Å². The van der Waals surface area contributed by atoms with Crippen molar-refractivity contribution in [2.45, 2.75) is 44.6 Å². The molecule has 1 heterocycles. The van der Waals surface area contributed by atoms with E-state index in [4.69, 9.17) is 21.4 Å². The molecule has 0 aliphatic heterocycles. The van der Waals surface area contributed by atoms with Gasteiger partial charge in [0, 0.05) is 24.7 Å². The number of hydrogen-bond donors (Lipinski definition) is 2. The van der Waals surface area contributed by atoms with Crippen LogP contribution in [0.2, 0.25) is 5.02 Å². The molecule has 0 saturated heterocycles. The van der Waals surface area contributed by atoms with Crippen LogP contribution >= 0.6 is 11.6 Å². The molecule has 1 aromatic heterocycles. The van der Waals surface area contributed by atoms with Gasteiger partial charge in [-0.2, -0.15) is 0 Å². The molecule has 0 atom stereocenters. The van der Waals surface area contributed by atoms with E-state index in [-0.39, 0.29) is 29.4 Å². The molecule has 0 bridgehead atoms. The van der Waals surface area contributed by atoms with E-state index in [1.54, 1.807) is 36.4 Å². The van der Waals surface area contributed by atoms with Crippen molar-refractivity contribution in [3.05, 3.63) is 58.9 Å². The van der Waals surface area contributed by atoms with Crippen molar-refractivity contribution in [3.63, 3.8) is 0 Å². The first kappa shape index (κ1) is 22.7. The summed E-state index contributed by atoms with van der Waals surface area (Å²) in [5.74, 6) is -0.636. The molecule has 0 unspecified atom stereocenters. The topological polar surface area (TPSA) is 106 Å². The highest BCUT2D eigenvalue weighted by atomic mass is 35.5. The molecular formula is C23H25ClN2O5. The first-order valence-electron chi connectivity index (χ1n) is 10.3. The predicted octanol–water partition coefficient (Wildman–Crippen LogP) is 4.15. The summed E-state index contributed by atoms with van der Waals surface area (Å²) < 4.78 is 5.93. The number of carboxylic acid groups (broad SMARTS) is 1. The van der Waals surface area contributed by atoms with Gasteiger partial charge in [-0.1, -0.05) is 11.6 Å². The van der Waals surface area contributed by atoms with E-state index in [0.29, 0.717) is 48.6 Å². The summed E-state index contributed by atoms with van der Waals surface area (Å²) >= 11 is 5.75. The predicted molar refractivity (Wildman–Crippen MR) is 116 cm³/mol. The molecule has 164 valence electrons. The number of ketones is 1. The number of carbonyl (C=O) groups is 3. The van der Waals surface area contributed by atoms with Gasteiger partial charge in [0.25, 0.3) is 5.91 Å². The van der Waals surface area contributed by atoms with Gasteiger partial charge in [-0.3, -0.25) is 14.4 Å².